The molecule has 0 radical (unpaired) electrons. The van der Waals surface area contributed by atoms with Crippen molar-refractivity contribution in [1.82, 2.24) is 9.71 Å². The first-order valence-corrected chi connectivity index (χ1v) is 10.3. The van der Waals surface area contributed by atoms with E-state index < -0.39 is 10.0 Å². The molecule has 3 rings (SSSR count). The van der Waals surface area contributed by atoms with Crippen LogP contribution in [0.5, 0.6) is 17.4 Å². The summed E-state index contributed by atoms with van der Waals surface area (Å²) in [5, 5.41) is 0.108. The van der Waals surface area contributed by atoms with Gasteiger partial charge in [0.15, 0.2) is 0 Å². The van der Waals surface area contributed by atoms with E-state index in [-0.39, 0.29) is 21.5 Å². The number of nitrogens with zero attached hydrogens (tertiary/aromatic N) is 1. The zero-order valence-corrected chi connectivity index (χ0v) is 17.1. The van der Waals surface area contributed by atoms with Crippen molar-refractivity contribution in [2.24, 2.45) is 0 Å². The largest absolute Gasteiger partial charge is 0.497 e. The van der Waals surface area contributed by atoms with Crippen LogP contribution in [0.4, 0.5) is 0 Å². The number of sulfonamides is 1. The molecule has 9 heteroatoms. The molecule has 0 bridgehead atoms. The summed E-state index contributed by atoms with van der Waals surface area (Å²) >= 11 is 12.0. The van der Waals surface area contributed by atoms with Crippen molar-refractivity contribution < 1.29 is 17.9 Å². The Morgan fingerprint density at radius 3 is 2.29 bits per heavy atom. The van der Waals surface area contributed by atoms with Crippen LogP contribution in [0.1, 0.15) is 5.56 Å². The average molecular weight is 439 g/mol. The number of hydrogen-bond donors (Lipinski definition) is 1. The van der Waals surface area contributed by atoms with Crippen LogP contribution in [-0.4, -0.2) is 20.5 Å². The van der Waals surface area contributed by atoms with Crippen molar-refractivity contribution in [2.45, 2.75) is 11.4 Å². The normalized spacial score (nSPS) is 11.2. The summed E-state index contributed by atoms with van der Waals surface area (Å²) in [7, 11) is -2.31. The van der Waals surface area contributed by atoms with Crippen LogP contribution in [0.15, 0.2) is 65.7 Å². The van der Waals surface area contributed by atoms with Gasteiger partial charge in [-0.15, -0.1) is 0 Å². The van der Waals surface area contributed by atoms with E-state index in [2.05, 4.69) is 9.71 Å². The highest BCUT2D eigenvalue weighted by molar-refractivity contribution is 7.89. The van der Waals surface area contributed by atoms with Crippen LogP contribution >= 0.6 is 23.2 Å². The van der Waals surface area contributed by atoms with E-state index in [4.69, 9.17) is 32.7 Å². The van der Waals surface area contributed by atoms with Crippen LogP contribution in [0.2, 0.25) is 10.0 Å². The minimum Gasteiger partial charge on any atom is -0.497 e. The van der Waals surface area contributed by atoms with Crippen LogP contribution in [0.3, 0.4) is 0 Å². The first kappa shape index (κ1) is 20.4. The molecule has 0 unspecified atom stereocenters. The van der Waals surface area contributed by atoms with Gasteiger partial charge in [-0.3, -0.25) is 0 Å². The molecule has 0 aliphatic carbocycles. The zero-order chi connectivity index (χ0) is 20.1. The second-order valence-electron chi connectivity index (χ2n) is 5.66. The molecule has 1 heterocycles. The molecular weight excluding hydrogens is 423 g/mol. The quantitative estimate of drug-likeness (QED) is 0.579. The Balaban J connectivity index is 1.72. The number of nitrogens with one attached hydrogen (secondary N) is 1. The maximum Gasteiger partial charge on any atom is 0.243 e. The maximum absolute atomic E-state index is 12.5. The molecule has 1 N–H and O–H groups in total. The van der Waals surface area contributed by atoms with Crippen LogP contribution in [0.25, 0.3) is 0 Å². The predicted molar refractivity (Wildman–Crippen MR) is 108 cm³/mol. The number of ether oxygens (including phenoxy) is 2. The van der Waals surface area contributed by atoms with Gasteiger partial charge in [0, 0.05) is 18.8 Å². The fourth-order valence-electron chi connectivity index (χ4n) is 2.37. The molecule has 2 aromatic carbocycles. The number of aromatic nitrogens is 1. The van der Waals surface area contributed by atoms with E-state index in [0.29, 0.717) is 22.9 Å². The van der Waals surface area contributed by atoms with Crippen LogP contribution in [-0.2, 0) is 16.6 Å². The summed E-state index contributed by atoms with van der Waals surface area (Å²) in [6.45, 7) is 0.0192. The zero-order valence-electron chi connectivity index (χ0n) is 14.7. The van der Waals surface area contributed by atoms with Crippen molar-refractivity contribution in [3.63, 3.8) is 0 Å². The van der Waals surface area contributed by atoms with E-state index in [1.165, 1.54) is 18.3 Å². The third-order valence-corrected chi connectivity index (χ3v) is 6.09. The molecule has 1 aromatic heterocycles. The van der Waals surface area contributed by atoms with Crippen LogP contribution in [0, 0.1) is 0 Å². The molecule has 0 fully saturated rings. The highest BCUT2D eigenvalue weighted by Crippen LogP contribution is 2.29. The number of benzene rings is 2. The standard InChI is InChI=1S/C19H16Cl2N2O4S/c1-26-14-5-7-15(8-6-14)27-18-11-13(9-10-22-18)12-23-28(24,25)19-16(20)3-2-4-17(19)21/h2-11,23H,12H2,1H3. The van der Waals surface area contributed by atoms with Crippen molar-refractivity contribution in [2.75, 3.05) is 7.11 Å². The minimum absolute atomic E-state index is 0.0192. The van der Waals surface area contributed by atoms with Crippen molar-refractivity contribution in [3.05, 3.63) is 76.4 Å². The molecule has 0 atom stereocenters. The Labute approximate surface area is 173 Å². The molecule has 0 aliphatic rings. The third kappa shape index (κ3) is 4.94. The maximum atomic E-state index is 12.5. The second-order valence-corrected chi connectivity index (χ2v) is 8.17. The van der Waals surface area contributed by atoms with E-state index in [0.717, 1.165) is 0 Å². The SMILES string of the molecule is COc1ccc(Oc2cc(CNS(=O)(=O)c3c(Cl)cccc3Cl)ccn2)cc1. The van der Waals surface area contributed by atoms with Gasteiger partial charge in [-0.25, -0.2) is 18.1 Å². The number of rotatable bonds is 7. The summed E-state index contributed by atoms with van der Waals surface area (Å²) in [6, 6.07) is 14.9. The Bertz CT molecular complexity index is 1050. The van der Waals surface area contributed by atoms with Gasteiger partial charge in [0.25, 0.3) is 0 Å². The summed E-state index contributed by atoms with van der Waals surface area (Å²) < 4.78 is 38.4. The summed E-state index contributed by atoms with van der Waals surface area (Å²) in [5.74, 6) is 1.62. The Morgan fingerprint density at radius 1 is 1.00 bits per heavy atom. The molecule has 3 aromatic rings. The monoisotopic (exact) mass is 438 g/mol. The predicted octanol–water partition coefficient (Wildman–Crippen LogP) is 4.67. The molecule has 6 nitrogen and oxygen atoms in total. The molecule has 0 saturated heterocycles. The fraction of sp³-hybridized carbons (Fsp3) is 0.105. The topological polar surface area (TPSA) is 77.5 Å². The molecular formula is C19H16Cl2N2O4S. The van der Waals surface area contributed by atoms with Gasteiger partial charge in [-0.05, 0) is 48.0 Å². The lowest BCUT2D eigenvalue weighted by Gasteiger charge is -2.11. The lowest BCUT2D eigenvalue weighted by atomic mass is 10.3. The Morgan fingerprint density at radius 2 is 1.64 bits per heavy atom. The lowest BCUT2D eigenvalue weighted by Crippen LogP contribution is -2.24. The minimum atomic E-state index is -3.89. The molecule has 0 saturated carbocycles. The van der Waals surface area contributed by atoms with Gasteiger partial charge in [0.1, 0.15) is 16.4 Å². The molecule has 0 spiro atoms. The smallest absolute Gasteiger partial charge is 0.243 e. The highest BCUT2D eigenvalue weighted by Gasteiger charge is 2.21. The number of hydrogen-bond acceptors (Lipinski definition) is 5. The molecule has 0 aliphatic heterocycles. The van der Waals surface area contributed by atoms with Crippen molar-refractivity contribution >= 4 is 33.2 Å². The highest BCUT2D eigenvalue weighted by atomic mass is 35.5. The van der Waals surface area contributed by atoms with E-state index >= 15 is 0 Å². The average Bonchev–Trinajstić information content (AvgIpc) is 2.67. The van der Waals surface area contributed by atoms with Gasteiger partial charge in [-0.2, -0.15) is 0 Å². The summed E-state index contributed by atoms with van der Waals surface area (Å²) in [4.78, 5) is 3.98. The third-order valence-electron chi connectivity index (χ3n) is 3.74. The van der Waals surface area contributed by atoms with Crippen LogP contribution < -0.4 is 14.2 Å². The van der Waals surface area contributed by atoms with Gasteiger partial charge in [-0.1, -0.05) is 29.3 Å². The first-order valence-electron chi connectivity index (χ1n) is 8.09. The van der Waals surface area contributed by atoms with Crippen molar-refractivity contribution in [1.29, 1.82) is 0 Å². The van der Waals surface area contributed by atoms with Gasteiger partial charge >= 0.3 is 0 Å². The Kier molecular flexibility index (Phi) is 6.41. The van der Waals surface area contributed by atoms with Gasteiger partial charge in [0.05, 0.1) is 17.2 Å². The molecule has 0 amide bonds. The molecule has 146 valence electrons. The number of pyridine rings is 1. The summed E-state index contributed by atoms with van der Waals surface area (Å²) in [5.41, 5.74) is 0.658. The number of methoxy groups -OCH3 is 1. The number of halogens is 2. The fourth-order valence-corrected chi connectivity index (χ4v) is 4.53. The van der Waals surface area contributed by atoms with E-state index in [1.54, 1.807) is 49.6 Å². The van der Waals surface area contributed by atoms with Crippen molar-refractivity contribution in [3.8, 4) is 17.4 Å². The summed E-state index contributed by atoms with van der Waals surface area (Å²) in [6.07, 6.45) is 1.53. The second kappa shape index (κ2) is 8.79. The Hall–Kier alpha value is -2.32. The first-order chi connectivity index (χ1) is 13.4. The lowest BCUT2D eigenvalue weighted by molar-refractivity contribution is 0.412. The van der Waals surface area contributed by atoms with Gasteiger partial charge < -0.3 is 9.47 Å². The van der Waals surface area contributed by atoms with Gasteiger partial charge in [0.2, 0.25) is 15.9 Å². The van der Waals surface area contributed by atoms with E-state index in [1.807, 2.05) is 0 Å². The van der Waals surface area contributed by atoms with E-state index in [9.17, 15) is 8.42 Å². The molecule has 28 heavy (non-hydrogen) atoms.